The fraction of sp³-hybridized carbons (Fsp3) is 0.379. The van der Waals surface area contributed by atoms with Crippen LogP contribution in [0.2, 0.25) is 0 Å². The number of fused-ring (bicyclic) bond motifs is 1. The number of hydrogen-bond donors (Lipinski definition) is 0. The second-order valence-electron chi connectivity index (χ2n) is 8.91. The quantitative estimate of drug-likeness (QED) is 0.391. The molecule has 0 fully saturated rings. The van der Waals surface area contributed by atoms with Gasteiger partial charge in [0.15, 0.2) is 0 Å². The lowest BCUT2D eigenvalue weighted by Gasteiger charge is -2.30. The van der Waals surface area contributed by atoms with E-state index in [1.165, 1.54) is 41.5 Å². The van der Waals surface area contributed by atoms with E-state index in [0.29, 0.717) is 6.42 Å². The van der Waals surface area contributed by atoms with Gasteiger partial charge in [0.05, 0.1) is 6.04 Å². The Morgan fingerprint density at radius 1 is 0.938 bits per heavy atom. The van der Waals surface area contributed by atoms with E-state index in [2.05, 4.69) is 65.3 Å². The Balaban J connectivity index is 1.41. The first-order chi connectivity index (χ1) is 15.7. The van der Waals surface area contributed by atoms with E-state index in [4.69, 9.17) is 0 Å². The molecule has 1 unspecified atom stereocenters. The molecule has 166 valence electrons. The lowest BCUT2D eigenvalue weighted by Crippen LogP contribution is -2.34. The van der Waals surface area contributed by atoms with E-state index < -0.39 is 0 Å². The minimum Gasteiger partial charge on any atom is -0.336 e. The smallest absolute Gasteiger partial charge is 0.223 e. The minimum atomic E-state index is 0.0915. The fourth-order valence-electron chi connectivity index (χ4n) is 4.77. The maximum Gasteiger partial charge on any atom is 0.223 e. The molecule has 32 heavy (non-hydrogen) atoms. The van der Waals surface area contributed by atoms with Crippen LogP contribution >= 0.6 is 0 Å². The van der Waals surface area contributed by atoms with Gasteiger partial charge in [-0.3, -0.25) is 9.78 Å². The molecule has 0 saturated heterocycles. The third-order valence-corrected chi connectivity index (χ3v) is 6.65. The van der Waals surface area contributed by atoms with Gasteiger partial charge in [-0.2, -0.15) is 0 Å². The molecular weight excluding hydrogens is 392 g/mol. The lowest BCUT2D eigenvalue weighted by molar-refractivity contribution is -0.133. The Labute approximate surface area is 192 Å². The molecule has 3 nitrogen and oxygen atoms in total. The predicted octanol–water partition coefficient (Wildman–Crippen LogP) is 6.12. The Hall–Kier alpha value is -2.94. The third-order valence-electron chi connectivity index (χ3n) is 6.65. The molecular formula is C29H34N2O. The van der Waals surface area contributed by atoms with Gasteiger partial charge in [-0.25, -0.2) is 0 Å². The van der Waals surface area contributed by atoms with Crippen molar-refractivity contribution in [3.05, 3.63) is 101 Å². The van der Waals surface area contributed by atoms with Crippen LogP contribution in [0.3, 0.4) is 0 Å². The highest BCUT2D eigenvalue weighted by molar-refractivity contribution is 5.76. The number of aromatic nitrogens is 1. The van der Waals surface area contributed by atoms with Crippen molar-refractivity contribution in [2.24, 2.45) is 0 Å². The van der Waals surface area contributed by atoms with Crippen LogP contribution in [-0.2, 0) is 30.5 Å². The number of amides is 1. The largest absolute Gasteiger partial charge is 0.336 e. The summed E-state index contributed by atoms with van der Waals surface area (Å²) < 4.78 is 0. The van der Waals surface area contributed by atoms with Crippen LogP contribution in [0.1, 0.15) is 66.6 Å². The van der Waals surface area contributed by atoms with Crippen molar-refractivity contribution in [1.29, 1.82) is 0 Å². The van der Waals surface area contributed by atoms with Gasteiger partial charge in [0.1, 0.15) is 0 Å². The standard InChI is InChI=1S/C29H34N2O/c1-23(26-19-18-25-13-8-14-27(25)22-26)31(21-9-16-28-15-5-6-20-30-28)29(32)17-7-12-24-10-3-2-4-11-24/h2-6,10-11,15,18-20,22-23H,7-9,12-14,16-17,21H2,1H3. The summed E-state index contributed by atoms with van der Waals surface area (Å²) >= 11 is 0. The Morgan fingerprint density at radius 3 is 2.56 bits per heavy atom. The normalized spacial score (nSPS) is 13.5. The topological polar surface area (TPSA) is 33.2 Å². The van der Waals surface area contributed by atoms with Crippen LogP contribution in [-0.4, -0.2) is 22.3 Å². The van der Waals surface area contributed by atoms with Gasteiger partial charge in [-0.1, -0.05) is 54.6 Å². The summed E-state index contributed by atoms with van der Waals surface area (Å²) in [4.78, 5) is 19.9. The van der Waals surface area contributed by atoms with Gasteiger partial charge in [-0.15, -0.1) is 0 Å². The number of carbonyl (C=O) groups excluding carboxylic acids is 1. The van der Waals surface area contributed by atoms with E-state index in [1.54, 1.807) is 0 Å². The molecule has 1 heterocycles. The summed E-state index contributed by atoms with van der Waals surface area (Å²) in [6, 6.07) is 23.4. The second kappa shape index (κ2) is 11.1. The monoisotopic (exact) mass is 426 g/mol. The van der Waals surface area contributed by atoms with Gasteiger partial charge in [0, 0.05) is 24.9 Å². The number of rotatable bonds is 10. The molecule has 1 aromatic heterocycles. The molecule has 3 aromatic rings. The minimum absolute atomic E-state index is 0.0915. The Bertz CT molecular complexity index is 1000. The Kier molecular flexibility index (Phi) is 7.71. The highest BCUT2D eigenvalue weighted by Crippen LogP contribution is 2.28. The highest BCUT2D eigenvalue weighted by atomic mass is 16.2. The lowest BCUT2D eigenvalue weighted by atomic mass is 10.00. The average molecular weight is 427 g/mol. The number of nitrogens with zero attached hydrogens (tertiary/aromatic N) is 2. The number of aryl methyl sites for hydroxylation is 4. The summed E-state index contributed by atoms with van der Waals surface area (Å²) in [7, 11) is 0. The molecule has 4 rings (SSSR count). The number of hydrogen-bond acceptors (Lipinski definition) is 2. The van der Waals surface area contributed by atoms with Crippen molar-refractivity contribution < 1.29 is 4.79 Å². The van der Waals surface area contributed by atoms with E-state index in [1.807, 2.05) is 24.4 Å². The van der Waals surface area contributed by atoms with Crippen molar-refractivity contribution in [3.63, 3.8) is 0 Å². The van der Waals surface area contributed by atoms with Gasteiger partial charge < -0.3 is 4.90 Å². The van der Waals surface area contributed by atoms with Gasteiger partial charge >= 0.3 is 0 Å². The van der Waals surface area contributed by atoms with Crippen LogP contribution < -0.4 is 0 Å². The van der Waals surface area contributed by atoms with E-state index in [9.17, 15) is 4.79 Å². The van der Waals surface area contributed by atoms with Crippen LogP contribution in [0.5, 0.6) is 0 Å². The molecule has 0 N–H and O–H groups in total. The third kappa shape index (κ3) is 5.85. The molecule has 0 aliphatic heterocycles. The first-order valence-electron chi connectivity index (χ1n) is 12.1. The Morgan fingerprint density at radius 2 is 1.75 bits per heavy atom. The van der Waals surface area contributed by atoms with Crippen molar-refractivity contribution in [3.8, 4) is 0 Å². The molecule has 1 aliphatic carbocycles. The first kappa shape index (κ1) is 22.3. The van der Waals surface area contributed by atoms with Gasteiger partial charge in [-0.05, 0) is 86.3 Å². The molecule has 1 atom stereocenters. The van der Waals surface area contributed by atoms with E-state index >= 15 is 0 Å². The first-order valence-corrected chi connectivity index (χ1v) is 12.1. The summed E-state index contributed by atoms with van der Waals surface area (Å²) in [6.07, 6.45) is 9.69. The average Bonchev–Trinajstić information content (AvgIpc) is 3.31. The molecule has 2 aromatic carbocycles. The maximum absolute atomic E-state index is 13.3. The number of benzene rings is 2. The maximum atomic E-state index is 13.3. The number of carbonyl (C=O) groups is 1. The highest BCUT2D eigenvalue weighted by Gasteiger charge is 2.22. The van der Waals surface area contributed by atoms with E-state index in [0.717, 1.165) is 37.9 Å². The van der Waals surface area contributed by atoms with Gasteiger partial charge in [0.25, 0.3) is 0 Å². The second-order valence-corrected chi connectivity index (χ2v) is 8.91. The zero-order valence-electron chi connectivity index (χ0n) is 19.2. The SMILES string of the molecule is CC(c1ccc2c(c1)CCC2)N(CCCc1ccccn1)C(=O)CCCc1ccccc1. The molecule has 0 bridgehead atoms. The molecule has 1 aliphatic rings. The van der Waals surface area contributed by atoms with Crippen molar-refractivity contribution >= 4 is 5.91 Å². The van der Waals surface area contributed by atoms with Crippen LogP contribution in [0, 0.1) is 0 Å². The van der Waals surface area contributed by atoms with Crippen LogP contribution in [0.4, 0.5) is 0 Å². The number of pyridine rings is 1. The summed E-state index contributed by atoms with van der Waals surface area (Å²) in [6.45, 7) is 2.95. The molecule has 0 spiro atoms. The van der Waals surface area contributed by atoms with Crippen molar-refractivity contribution in [1.82, 2.24) is 9.88 Å². The van der Waals surface area contributed by atoms with Crippen LogP contribution in [0.15, 0.2) is 72.9 Å². The summed E-state index contributed by atoms with van der Waals surface area (Å²) in [5, 5.41) is 0. The van der Waals surface area contributed by atoms with Gasteiger partial charge in [0.2, 0.25) is 5.91 Å². The van der Waals surface area contributed by atoms with Crippen molar-refractivity contribution in [2.75, 3.05) is 6.54 Å². The summed E-state index contributed by atoms with van der Waals surface area (Å²) in [5.41, 5.74) is 6.61. The zero-order valence-corrected chi connectivity index (χ0v) is 19.2. The van der Waals surface area contributed by atoms with E-state index in [-0.39, 0.29) is 11.9 Å². The van der Waals surface area contributed by atoms with Crippen LogP contribution in [0.25, 0.3) is 0 Å². The molecule has 0 saturated carbocycles. The molecule has 1 amide bonds. The molecule has 3 heteroatoms. The fourth-order valence-corrected chi connectivity index (χ4v) is 4.77. The van der Waals surface area contributed by atoms with Crippen molar-refractivity contribution in [2.45, 2.75) is 64.3 Å². The summed E-state index contributed by atoms with van der Waals surface area (Å²) in [5.74, 6) is 0.259. The molecule has 0 radical (unpaired) electrons. The zero-order chi connectivity index (χ0) is 22.2. The predicted molar refractivity (Wildman–Crippen MR) is 131 cm³/mol.